The van der Waals surface area contributed by atoms with Gasteiger partial charge >= 0.3 is 6.03 Å². The molecule has 7 nitrogen and oxygen atoms in total. The number of hydrogen-bond acceptors (Lipinski definition) is 5. The molecule has 2 aromatic rings. The number of aromatic nitrogens is 2. The highest BCUT2D eigenvalue weighted by Crippen LogP contribution is 2.38. The van der Waals surface area contributed by atoms with E-state index in [1.165, 1.54) is 28.5 Å². The topological polar surface area (TPSA) is 87.2 Å². The van der Waals surface area contributed by atoms with Gasteiger partial charge in [0.05, 0.1) is 11.9 Å². The van der Waals surface area contributed by atoms with Gasteiger partial charge in [-0.2, -0.15) is 5.10 Å². The van der Waals surface area contributed by atoms with Crippen molar-refractivity contribution in [3.05, 3.63) is 40.6 Å². The number of urea groups is 1. The molecular formula is C20H27N5O2S. The van der Waals surface area contributed by atoms with E-state index < -0.39 is 16.1 Å². The molecule has 8 heteroatoms. The van der Waals surface area contributed by atoms with Crippen molar-refractivity contribution in [3.8, 4) is 0 Å². The molecule has 2 N–H and O–H groups in total. The molecule has 150 valence electrons. The highest BCUT2D eigenvalue weighted by Gasteiger charge is 2.26. The van der Waals surface area contributed by atoms with Crippen molar-refractivity contribution >= 4 is 27.5 Å². The van der Waals surface area contributed by atoms with Crippen LogP contribution in [0.5, 0.6) is 0 Å². The van der Waals surface area contributed by atoms with Crippen molar-refractivity contribution in [2.75, 3.05) is 30.6 Å². The van der Waals surface area contributed by atoms with Gasteiger partial charge in [-0.1, -0.05) is 6.07 Å². The molecule has 0 saturated heterocycles. The molecular weight excluding hydrogens is 374 g/mol. The third-order valence-electron chi connectivity index (χ3n) is 5.61. The highest BCUT2D eigenvalue weighted by atomic mass is 32.3. The molecule has 0 bridgehead atoms. The molecule has 0 radical (unpaired) electrons. The van der Waals surface area contributed by atoms with Crippen molar-refractivity contribution in [2.45, 2.75) is 43.6 Å². The van der Waals surface area contributed by atoms with Crippen molar-refractivity contribution in [3.63, 3.8) is 0 Å². The SMILES string of the molecule is CN(C)c1cnnc([SH](C)(=O)NC(=O)Nc2c3c(cc4c2CCC4)CCC3)c1. The van der Waals surface area contributed by atoms with Crippen molar-refractivity contribution in [1.82, 2.24) is 14.9 Å². The van der Waals surface area contributed by atoms with Crippen LogP contribution in [0, 0.1) is 0 Å². The lowest BCUT2D eigenvalue weighted by Crippen LogP contribution is -2.39. The summed E-state index contributed by atoms with van der Waals surface area (Å²) in [6, 6.07) is 3.57. The maximum Gasteiger partial charge on any atom is 0.329 e. The summed E-state index contributed by atoms with van der Waals surface area (Å²) in [6.45, 7) is 0. The van der Waals surface area contributed by atoms with E-state index in [0.717, 1.165) is 49.9 Å². The van der Waals surface area contributed by atoms with E-state index in [1.54, 1.807) is 12.3 Å². The zero-order valence-corrected chi connectivity index (χ0v) is 17.5. The monoisotopic (exact) mass is 401 g/mol. The van der Waals surface area contributed by atoms with Gasteiger partial charge in [-0.3, -0.25) is 8.93 Å². The fraction of sp³-hybridized carbons (Fsp3) is 0.450. The number of aryl methyl sites for hydroxylation is 2. The Labute approximate surface area is 166 Å². The van der Waals surface area contributed by atoms with Gasteiger partial charge in [-0.05, 0) is 66.8 Å². The van der Waals surface area contributed by atoms with Crippen LogP contribution in [0.2, 0.25) is 0 Å². The molecule has 0 spiro atoms. The quantitative estimate of drug-likeness (QED) is 0.684. The summed E-state index contributed by atoms with van der Waals surface area (Å²) in [5, 5.41) is 11.2. The summed E-state index contributed by atoms with van der Waals surface area (Å²) < 4.78 is 15.8. The highest BCUT2D eigenvalue weighted by molar-refractivity contribution is 8.01. The standard InChI is InChI=1S/C20H27N5O2S/c1-25(2)15-11-18(23-21-12-15)28(3,27)24-20(26)22-19-16-8-4-6-13(16)10-14-7-5-9-17(14)19/h10-12,28H,4-9H2,1-3H3,(H2,22,24,26,27). The van der Waals surface area contributed by atoms with Gasteiger partial charge in [0, 0.05) is 36.2 Å². The van der Waals surface area contributed by atoms with Gasteiger partial charge in [0.25, 0.3) is 0 Å². The molecule has 0 unspecified atom stereocenters. The van der Waals surface area contributed by atoms with Gasteiger partial charge in [-0.25, -0.2) is 4.79 Å². The van der Waals surface area contributed by atoms with E-state index in [4.69, 9.17) is 0 Å². The number of carbonyl (C=O) groups is 1. The van der Waals surface area contributed by atoms with Crippen molar-refractivity contribution < 1.29 is 9.00 Å². The Balaban J connectivity index is 1.57. The first-order valence-corrected chi connectivity index (χ1v) is 11.8. The van der Waals surface area contributed by atoms with Crippen LogP contribution in [0.3, 0.4) is 0 Å². The maximum atomic E-state index is 13.2. The van der Waals surface area contributed by atoms with Crippen molar-refractivity contribution in [1.29, 1.82) is 0 Å². The average molecular weight is 402 g/mol. The van der Waals surface area contributed by atoms with E-state index in [-0.39, 0.29) is 5.03 Å². The number of rotatable bonds is 4. The van der Waals surface area contributed by atoms with E-state index in [9.17, 15) is 9.00 Å². The molecule has 0 saturated carbocycles. The second-order valence-electron chi connectivity index (χ2n) is 7.89. The molecule has 2 amide bonds. The number of benzene rings is 1. The summed E-state index contributed by atoms with van der Waals surface area (Å²) in [5.74, 6) is 0. The molecule has 1 heterocycles. The second kappa shape index (κ2) is 7.16. The largest absolute Gasteiger partial charge is 0.376 e. The first-order valence-electron chi connectivity index (χ1n) is 9.69. The fourth-order valence-electron chi connectivity index (χ4n) is 4.16. The molecule has 4 rings (SSSR count). The minimum atomic E-state index is -3.21. The Kier molecular flexibility index (Phi) is 4.82. The number of nitrogens with zero attached hydrogens (tertiary/aromatic N) is 3. The van der Waals surface area contributed by atoms with Gasteiger partial charge in [0.1, 0.15) is 5.03 Å². The van der Waals surface area contributed by atoms with Crippen LogP contribution in [-0.4, -0.2) is 40.8 Å². The lowest BCUT2D eigenvalue weighted by Gasteiger charge is -2.22. The van der Waals surface area contributed by atoms with E-state index in [2.05, 4.69) is 26.3 Å². The first kappa shape index (κ1) is 18.9. The zero-order valence-electron chi connectivity index (χ0n) is 16.6. The molecule has 2 aliphatic rings. The van der Waals surface area contributed by atoms with Crippen LogP contribution in [0.1, 0.15) is 35.1 Å². The number of nitrogens with one attached hydrogen (secondary N) is 2. The molecule has 0 aliphatic heterocycles. The zero-order chi connectivity index (χ0) is 19.9. The third kappa shape index (κ3) is 3.48. The predicted octanol–water partition coefficient (Wildman–Crippen LogP) is 2.26. The van der Waals surface area contributed by atoms with Gasteiger partial charge in [0.15, 0.2) is 0 Å². The van der Waals surface area contributed by atoms with Crippen LogP contribution in [0.25, 0.3) is 0 Å². The second-order valence-corrected chi connectivity index (χ2v) is 10.4. The molecule has 1 aromatic heterocycles. The summed E-state index contributed by atoms with van der Waals surface area (Å²) >= 11 is 0. The minimum absolute atomic E-state index is 0.289. The predicted molar refractivity (Wildman–Crippen MR) is 113 cm³/mol. The number of anilines is 2. The van der Waals surface area contributed by atoms with Crippen LogP contribution >= 0.6 is 0 Å². The van der Waals surface area contributed by atoms with Gasteiger partial charge in [0.2, 0.25) is 0 Å². The summed E-state index contributed by atoms with van der Waals surface area (Å²) in [4.78, 5) is 14.6. The lowest BCUT2D eigenvalue weighted by molar-refractivity contribution is 0.256. The van der Waals surface area contributed by atoms with Gasteiger partial charge < -0.3 is 10.2 Å². The third-order valence-corrected chi connectivity index (χ3v) is 7.33. The van der Waals surface area contributed by atoms with E-state index in [0.29, 0.717) is 0 Å². The number of hydrogen-bond donors (Lipinski definition) is 3. The Morgan fingerprint density at radius 2 is 1.71 bits per heavy atom. The summed E-state index contributed by atoms with van der Waals surface area (Å²) in [5.41, 5.74) is 6.91. The Morgan fingerprint density at radius 3 is 2.32 bits per heavy atom. The summed E-state index contributed by atoms with van der Waals surface area (Å²) in [6.07, 6.45) is 9.45. The van der Waals surface area contributed by atoms with Gasteiger partial charge in [-0.15, -0.1) is 5.10 Å². The fourth-order valence-corrected chi connectivity index (χ4v) is 5.32. The number of carbonyl (C=O) groups excluding carboxylic acids is 1. The van der Waals surface area contributed by atoms with Crippen LogP contribution < -0.4 is 14.9 Å². The minimum Gasteiger partial charge on any atom is -0.376 e. The van der Waals surface area contributed by atoms with Crippen molar-refractivity contribution in [2.24, 2.45) is 0 Å². The van der Waals surface area contributed by atoms with Crippen LogP contribution in [-0.2, 0) is 35.8 Å². The van der Waals surface area contributed by atoms with Crippen LogP contribution in [0.15, 0.2) is 23.4 Å². The Hall–Kier alpha value is -2.48. The molecule has 1 aromatic carbocycles. The molecule has 2 aliphatic carbocycles. The molecule has 28 heavy (non-hydrogen) atoms. The normalized spacial score (nSPS) is 15.7. The van der Waals surface area contributed by atoms with E-state index >= 15 is 0 Å². The number of thiol groups is 1. The Bertz CT molecular complexity index is 957. The number of amides is 2. The maximum absolute atomic E-state index is 13.2. The molecule has 0 fully saturated rings. The van der Waals surface area contributed by atoms with Crippen LogP contribution in [0.4, 0.5) is 16.2 Å². The van der Waals surface area contributed by atoms with E-state index in [1.807, 2.05) is 19.0 Å². The Morgan fingerprint density at radius 1 is 1.07 bits per heavy atom. The first-order chi connectivity index (χ1) is 13.3. The number of fused-ring (bicyclic) bond motifs is 2. The summed E-state index contributed by atoms with van der Waals surface area (Å²) in [7, 11) is 0.540. The smallest absolute Gasteiger partial charge is 0.329 e. The lowest BCUT2D eigenvalue weighted by atomic mass is 9.99. The molecule has 0 atom stereocenters. The average Bonchev–Trinajstić information content (AvgIpc) is 3.30.